The van der Waals surface area contributed by atoms with E-state index in [0.29, 0.717) is 60.4 Å². The molecule has 0 amide bonds. The number of fused-ring (bicyclic) bond motifs is 2. The monoisotopic (exact) mass is 506 g/mol. The van der Waals surface area contributed by atoms with E-state index < -0.39 is 0 Å². The number of piperidine rings is 1. The Morgan fingerprint density at radius 2 is 1.91 bits per heavy atom. The first-order chi connectivity index (χ1) is 16.6. The molecule has 1 fully saturated rings. The van der Waals surface area contributed by atoms with Gasteiger partial charge in [-0.1, -0.05) is 0 Å². The van der Waals surface area contributed by atoms with Gasteiger partial charge < -0.3 is 24.4 Å². The molecule has 2 aliphatic heterocycles. The molecule has 0 aliphatic carbocycles. The SMILES string of the molecule is COc1ccc2ncc(F)c(CCN3CCC(NCc4cc(F)c5c(c4)OCCO5)CC3)c2n1.Cl. The number of benzene rings is 1. The van der Waals surface area contributed by atoms with Crippen molar-refractivity contribution in [2.75, 3.05) is 40.0 Å². The van der Waals surface area contributed by atoms with Gasteiger partial charge in [-0.25, -0.2) is 13.8 Å². The maximum Gasteiger partial charge on any atom is 0.213 e. The fourth-order valence-electron chi connectivity index (χ4n) is 4.59. The summed E-state index contributed by atoms with van der Waals surface area (Å²) in [6, 6.07) is 7.22. The molecule has 0 radical (unpaired) electrons. The fraction of sp³-hybridized carbons (Fsp3) is 0.440. The van der Waals surface area contributed by atoms with Gasteiger partial charge in [-0.15, -0.1) is 12.4 Å². The summed E-state index contributed by atoms with van der Waals surface area (Å²) in [5.41, 5.74) is 2.63. The molecule has 7 nitrogen and oxygen atoms in total. The quantitative estimate of drug-likeness (QED) is 0.521. The molecule has 0 saturated carbocycles. The summed E-state index contributed by atoms with van der Waals surface area (Å²) in [5, 5.41) is 3.53. The van der Waals surface area contributed by atoms with Crippen molar-refractivity contribution in [1.82, 2.24) is 20.2 Å². The first kappa shape index (κ1) is 25.3. The Bertz CT molecular complexity index is 1180. The number of aromatic nitrogens is 2. The molecule has 188 valence electrons. The Hall–Kier alpha value is -2.75. The number of hydrogen-bond acceptors (Lipinski definition) is 7. The van der Waals surface area contributed by atoms with Gasteiger partial charge in [0, 0.05) is 30.8 Å². The Balaban J connectivity index is 0.00000289. The van der Waals surface area contributed by atoms with E-state index in [2.05, 4.69) is 20.2 Å². The Morgan fingerprint density at radius 3 is 2.71 bits per heavy atom. The van der Waals surface area contributed by atoms with E-state index in [9.17, 15) is 8.78 Å². The van der Waals surface area contributed by atoms with Gasteiger partial charge in [-0.05, 0) is 56.1 Å². The van der Waals surface area contributed by atoms with Crippen LogP contribution in [0.15, 0.2) is 30.5 Å². The lowest BCUT2D eigenvalue weighted by molar-refractivity contribution is 0.164. The van der Waals surface area contributed by atoms with Gasteiger partial charge in [-0.2, -0.15) is 0 Å². The smallest absolute Gasteiger partial charge is 0.213 e. The summed E-state index contributed by atoms with van der Waals surface area (Å²) in [4.78, 5) is 10.9. The second kappa shape index (κ2) is 11.3. The van der Waals surface area contributed by atoms with Crippen LogP contribution < -0.4 is 19.5 Å². The number of hydrogen-bond donors (Lipinski definition) is 1. The fourth-order valence-corrected chi connectivity index (χ4v) is 4.59. The van der Waals surface area contributed by atoms with Gasteiger partial charge in [0.25, 0.3) is 0 Å². The van der Waals surface area contributed by atoms with Crippen molar-refractivity contribution < 1.29 is 23.0 Å². The van der Waals surface area contributed by atoms with Crippen LogP contribution in [0.4, 0.5) is 8.78 Å². The number of likely N-dealkylation sites (tertiary alicyclic amines) is 1. The molecule has 0 bridgehead atoms. The van der Waals surface area contributed by atoms with E-state index in [1.54, 1.807) is 19.2 Å². The maximum atomic E-state index is 14.6. The molecule has 0 spiro atoms. The van der Waals surface area contributed by atoms with Gasteiger partial charge in [0.1, 0.15) is 19.0 Å². The highest BCUT2D eigenvalue weighted by Gasteiger charge is 2.22. The zero-order valence-corrected chi connectivity index (χ0v) is 20.4. The lowest BCUT2D eigenvalue weighted by Gasteiger charge is -2.32. The molecule has 2 aromatic heterocycles. The third-order valence-corrected chi connectivity index (χ3v) is 6.47. The summed E-state index contributed by atoms with van der Waals surface area (Å²) in [7, 11) is 1.54. The minimum absolute atomic E-state index is 0. The van der Waals surface area contributed by atoms with Gasteiger partial charge in [0.05, 0.1) is 24.3 Å². The van der Waals surface area contributed by atoms with Crippen LogP contribution in [0.25, 0.3) is 11.0 Å². The lowest BCUT2D eigenvalue weighted by atomic mass is 10.0. The number of halogens is 3. The van der Waals surface area contributed by atoms with Crippen molar-refractivity contribution in [3.8, 4) is 17.4 Å². The van der Waals surface area contributed by atoms with Crippen LogP contribution >= 0.6 is 12.4 Å². The zero-order chi connectivity index (χ0) is 23.5. The summed E-state index contributed by atoms with van der Waals surface area (Å²) < 4.78 is 44.9. The highest BCUT2D eigenvalue weighted by molar-refractivity contribution is 5.85. The molecule has 10 heteroatoms. The van der Waals surface area contributed by atoms with E-state index in [1.807, 2.05) is 6.07 Å². The Kier molecular flexibility index (Phi) is 8.20. The molecular formula is C25H29ClF2N4O3. The van der Waals surface area contributed by atoms with Crippen molar-refractivity contribution in [1.29, 1.82) is 0 Å². The molecule has 2 aliphatic rings. The molecule has 1 aromatic carbocycles. The van der Waals surface area contributed by atoms with Crippen molar-refractivity contribution in [3.63, 3.8) is 0 Å². The first-order valence-electron chi connectivity index (χ1n) is 11.6. The Labute approximate surface area is 209 Å². The molecule has 3 aromatic rings. The van der Waals surface area contributed by atoms with E-state index in [4.69, 9.17) is 14.2 Å². The van der Waals surface area contributed by atoms with Crippen LogP contribution in [0.1, 0.15) is 24.0 Å². The second-order valence-electron chi connectivity index (χ2n) is 8.65. The van der Waals surface area contributed by atoms with Gasteiger partial charge in [-0.3, -0.25) is 4.98 Å². The van der Waals surface area contributed by atoms with Crippen LogP contribution in [-0.4, -0.2) is 60.9 Å². The van der Waals surface area contributed by atoms with E-state index in [1.165, 1.54) is 12.3 Å². The Morgan fingerprint density at radius 1 is 1.11 bits per heavy atom. The average Bonchev–Trinajstić information content (AvgIpc) is 2.87. The topological polar surface area (TPSA) is 68.7 Å². The average molecular weight is 507 g/mol. The number of rotatable bonds is 7. The molecule has 1 N–H and O–H groups in total. The predicted molar refractivity (Wildman–Crippen MR) is 131 cm³/mol. The van der Waals surface area contributed by atoms with Crippen LogP contribution in [-0.2, 0) is 13.0 Å². The van der Waals surface area contributed by atoms with Crippen LogP contribution in [0.2, 0.25) is 0 Å². The van der Waals surface area contributed by atoms with Crippen LogP contribution in [0, 0.1) is 11.6 Å². The third kappa shape index (κ3) is 5.74. The van der Waals surface area contributed by atoms with Crippen LogP contribution in [0.3, 0.4) is 0 Å². The standard InChI is InChI=1S/C25H28F2N4O3.ClH/c1-32-23-3-2-21-24(30-23)18(20(27)15-29-21)6-9-31-7-4-17(5-8-31)28-14-16-12-19(26)25-22(13-16)33-10-11-34-25;/h2-3,12-13,15,17,28H,4-11,14H2,1H3;1H. The van der Waals surface area contributed by atoms with Crippen molar-refractivity contribution >= 4 is 23.4 Å². The van der Waals surface area contributed by atoms with Crippen LogP contribution in [0.5, 0.6) is 17.4 Å². The number of methoxy groups -OCH3 is 1. The first-order valence-corrected chi connectivity index (χ1v) is 11.6. The highest BCUT2D eigenvalue weighted by Crippen LogP contribution is 2.34. The normalized spacial score (nSPS) is 16.2. The minimum atomic E-state index is -0.383. The maximum absolute atomic E-state index is 14.6. The van der Waals surface area contributed by atoms with Crippen molar-refractivity contribution in [2.45, 2.75) is 31.8 Å². The molecule has 1 saturated heterocycles. The van der Waals surface area contributed by atoms with Crippen molar-refractivity contribution in [2.24, 2.45) is 0 Å². The number of nitrogens with zero attached hydrogens (tertiary/aromatic N) is 3. The number of pyridine rings is 2. The lowest BCUT2D eigenvalue weighted by Crippen LogP contribution is -2.42. The summed E-state index contributed by atoms with van der Waals surface area (Å²) >= 11 is 0. The van der Waals surface area contributed by atoms with E-state index in [-0.39, 0.29) is 29.8 Å². The third-order valence-electron chi connectivity index (χ3n) is 6.47. The highest BCUT2D eigenvalue weighted by atomic mass is 35.5. The summed E-state index contributed by atoms with van der Waals surface area (Å²) in [6.07, 6.45) is 3.76. The van der Waals surface area contributed by atoms with Gasteiger partial charge in [0.15, 0.2) is 17.3 Å². The van der Waals surface area contributed by atoms with E-state index >= 15 is 0 Å². The largest absolute Gasteiger partial charge is 0.486 e. The molecular weight excluding hydrogens is 478 g/mol. The predicted octanol–water partition coefficient (Wildman–Crippen LogP) is 3.91. The molecule has 35 heavy (non-hydrogen) atoms. The molecule has 0 unspecified atom stereocenters. The molecule has 0 atom stereocenters. The van der Waals surface area contributed by atoms with Gasteiger partial charge >= 0.3 is 0 Å². The van der Waals surface area contributed by atoms with Crippen molar-refractivity contribution in [3.05, 3.63) is 53.2 Å². The minimum Gasteiger partial charge on any atom is -0.486 e. The summed E-state index contributed by atoms with van der Waals surface area (Å²) in [6.45, 7) is 3.94. The zero-order valence-electron chi connectivity index (χ0n) is 19.6. The van der Waals surface area contributed by atoms with E-state index in [0.717, 1.165) is 38.0 Å². The number of nitrogens with one attached hydrogen (secondary N) is 1. The summed E-state index contributed by atoms with van der Waals surface area (Å²) in [5.74, 6) is 0.408. The molecule has 4 heterocycles. The second-order valence-corrected chi connectivity index (χ2v) is 8.65. The molecule has 5 rings (SSSR count). The van der Waals surface area contributed by atoms with Gasteiger partial charge in [0.2, 0.25) is 5.88 Å². The number of ether oxygens (including phenoxy) is 3.